The SMILES string of the molecule is C=CC(=O)Nc1cc2c(Nc3ccc(F)c(Cl)c3)ncnc2cc1OCCCN1CCC(N2CCN(C(=O)COCCOCCOCCOCCOCCSc3cccc4c3CN(C3CCC(=O)NC3=O)C4=O)CC2)CC1. The Hall–Kier alpha value is -5.82. The third-order valence-electron chi connectivity index (χ3n) is 13.7. The fourth-order valence-corrected chi connectivity index (χ4v) is 10.8. The van der Waals surface area contributed by atoms with Gasteiger partial charge in [0.05, 0.1) is 82.3 Å². The molecule has 77 heavy (non-hydrogen) atoms. The highest BCUT2D eigenvalue weighted by atomic mass is 35.5. The van der Waals surface area contributed by atoms with Crippen molar-refractivity contribution >= 4 is 81.0 Å². The molecule has 3 aromatic carbocycles. The molecule has 8 rings (SSSR count). The number of amides is 5. The molecule has 23 heteroatoms. The monoisotopic (exact) mass is 1100 g/mol. The average Bonchev–Trinajstić information content (AvgIpc) is 3.79. The summed E-state index contributed by atoms with van der Waals surface area (Å²) in [6, 6.07) is 13.2. The van der Waals surface area contributed by atoms with Gasteiger partial charge in [-0.1, -0.05) is 24.2 Å². The van der Waals surface area contributed by atoms with Crippen molar-refractivity contribution in [3.8, 4) is 5.75 Å². The number of aromatic nitrogens is 2. The Morgan fingerprint density at radius 3 is 2.26 bits per heavy atom. The molecule has 3 saturated heterocycles. The van der Waals surface area contributed by atoms with E-state index in [0.29, 0.717) is 143 Å². The lowest BCUT2D eigenvalue weighted by atomic mass is 10.0. The van der Waals surface area contributed by atoms with Crippen LogP contribution in [0.15, 0.2) is 72.4 Å². The van der Waals surface area contributed by atoms with Gasteiger partial charge in [-0.25, -0.2) is 14.4 Å². The number of nitrogens with one attached hydrogen (secondary N) is 3. The molecule has 0 aliphatic carbocycles. The van der Waals surface area contributed by atoms with Crippen LogP contribution in [0.5, 0.6) is 5.75 Å². The first-order valence-electron chi connectivity index (χ1n) is 26.1. The van der Waals surface area contributed by atoms with Gasteiger partial charge >= 0.3 is 0 Å². The summed E-state index contributed by atoms with van der Waals surface area (Å²) in [6.45, 7) is 14.0. The number of carbonyl (C=O) groups excluding carboxylic acids is 5. The number of piperidine rings is 2. The number of carbonyl (C=O) groups is 5. The van der Waals surface area contributed by atoms with Crippen LogP contribution in [-0.2, 0) is 49.4 Å². The van der Waals surface area contributed by atoms with Crippen LogP contribution in [0.4, 0.5) is 21.6 Å². The van der Waals surface area contributed by atoms with Gasteiger partial charge in [-0.3, -0.25) is 34.2 Å². The van der Waals surface area contributed by atoms with Crippen molar-refractivity contribution in [2.75, 3.05) is 135 Å². The maximum absolute atomic E-state index is 13.8. The molecule has 5 heterocycles. The van der Waals surface area contributed by atoms with Gasteiger partial charge in [0.1, 0.15) is 36.4 Å². The van der Waals surface area contributed by atoms with Crippen molar-refractivity contribution in [2.45, 2.75) is 55.6 Å². The summed E-state index contributed by atoms with van der Waals surface area (Å²) in [4.78, 5) is 80.5. The molecule has 20 nitrogen and oxygen atoms in total. The molecule has 4 aromatic rings. The van der Waals surface area contributed by atoms with Crippen molar-refractivity contribution in [3.05, 3.63) is 89.5 Å². The Balaban J connectivity index is 0.607. The van der Waals surface area contributed by atoms with Gasteiger partial charge in [-0.15, -0.1) is 11.8 Å². The molecule has 5 amide bonds. The number of benzene rings is 3. The first-order valence-corrected chi connectivity index (χ1v) is 27.5. The van der Waals surface area contributed by atoms with E-state index in [2.05, 4.69) is 42.3 Å². The van der Waals surface area contributed by atoms with E-state index in [1.165, 1.54) is 24.5 Å². The van der Waals surface area contributed by atoms with Crippen LogP contribution in [-0.4, -0.2) is 195 Å². The van der Waals surface area contributed by atoms with Crippen LogP contribution >= 0.6 is 23.4 Å². The first-order chi connectivity index (χ1) is 37.5. The minimum atomic E-state index is -0.637. The molecule has 4 aliphatic rings. The number of hydrogen-bond donors (Lipinski definition) is 3. The molecule has 1 unspecified atom stereocenters. The Morgan fingerprint density at radius 2 is 1.56 bits per heavy atom. The van der Waals surface area contributed by atoms with E-state index in [0.717, 1.165) is 62.4 Å². The van der Waals surface area contributed by atoms with Crippen LogP contribution in [0, 0.1) is 5.82 Å². The van der Waals surface area contributed by atoms with Gasteiger partial charge in [0.15, 0.2) is 0 Å². The number of imide groups is 1. The fourth-order valence-electron chi connectivity index (χ4n) is 9.64. The van der Waals surface area contributed by atoms with Gasteiger partial charge in [-0.2, -0.15) is 0 Å². The molecule has 3 fully saturated rings. The number of rotatable bonds is 29. The molecule has 3 N–H and O–H groups in total. The van der Waals surface area contributed by atoms with Gasteiger partial charge in [0, 0.05) is 85.1 Å². The molecule has 0 bridgehead atoms. The van der Waals surface area contributed by atoms with E-state index in [9.17, 15) is 28.4 Å². The molecule has 0 saturated carbocycles. The largest absolute Gasteiger partial charge is 0.491 e. The van der Waals surface area contributed by atoms with Crippen molar-refractivity contribution in [1.82, 2.24) is 34.9 Å². The lowest BCUT2D eigenvalue weighted by Crippen LogP contribution is -2.54. The number of halogens is 2. The zero-order valence-corrected chi connectivity index (χ0v) is 44.7. The minimum absolute atomic E-state index is 0.00810. The first kappa shape index (κ1) is 57.4. The summed E-state index contributed by atoms with van der Waals surface area (Å²) in [5.41, 5.74) is 3.08. The number of nitrogens with zero attached hydrogens (tertiary/aromatic N) is 6. The van der Waals surface area contributed by atoms with Crippen molar-refractivity contribution in [2.24, 2.45) is 0 Å². The quantitative estimate of drug-likeness (QED) is 0.0272. The number of fused-ring (bicyclic) bond motifs is 2. The minimum Gasteiger partial charge on any atom is -0.491 e. The van der Waals surface area contributed by atoms with Crippen molar-refractivity contribution < 1.29 is 56.8 Å². The zero-order valence-electron chi connectivity index (χ0n) is 43.2. The summed E-state index contributed by atoms with van der Waals surface area (Å²) in [5, 5.41) is 8.92. The van der Waals surface area contributed by atoms with E-state index >= 15 is 0 Å². The van der Waals surface area contributed by atoms with E-state index in [-0.39, 0.29) is 35.8 Å². The number of piperazine rings is 1. The third-order valence-corrected chi connectivity index (χ3v) is 15.1. The van der Waals surface area contributed by atoms with Crippen molar-refractivity contribution in [3.63, 3.8) is 0 Å². The van der Waals surface area contributed by atoms with Gasteiger partial charge in [-0.05, 0) is 86.8 Å². The normalized spacial score (nSPS) is 17.4. The zero-order chi connectivity index (χ0) is 53.9. The van der Waals surface area contributed by atoms with Gasteiger partial charge in [0.25, 0.3) is 5.91 Å². The highest BCUT2D eigenvalue weighted by molar-refractivity contribution is 7.99. The van der Waals surface area contributed by atoms with E-state index in [1.807, 2.05) is 17.0 Å². The number of ether oxygens (including phenoxy) is 6. The van der Waals surface area contributed by atoms with E-state index < -0.39 is 23.7 Å². The summed E-state index contributed by atoms with van der Waals surface area (Å²) in [5.74, 6) is -0.220. The number of hydrogen-bond acceptors (Lipinski definition) is 17. The third kappa shape index (κ3) is 16.4. The standard InChI is InChI=1S/C54H67ClFN9O11S/c1-2-49(66)60-45-32-40-44(57-36-58-52(40)59-37-7-8-43(56)42(55)31-37)33-47(45)76-20-4-13-62-14-11-38(12-15-62)63-16-18-64(19-17-63)51(68)35-75-28-27-73-24-23-71-21-22-72-25-26-74-29-30-77-48-6-3-5-39-41(48)34-65(54(39)70)46-9-10-50(67)61-53(46)69/h2-3,5-8,31-33,36,38,46H,1,4,9-30,34-35H2,(H,60,66)(H,57,58,59)(H,61,67,69). The van der Waals surface area contributed by atoms with Gasteiger partial charge in [0.2, 0.25) is 23.6 Å². The Labute approximate surface area is 456 Å². The van der Waals surface area contributed by atoms with Crippen LogP contribution in [0.1, 0.15) is 48.0 Å². The highest BCUT2D eigenvalue weighted by Crippen LogP contribution is 2.36. The van der Waals surface area contributed by atoms with E-state index in [1.54, 1.807) is 40.9 Å². The Morgan fingerprint density at radius 1 is 0.844 bits per heavy atom. The Bertz CT molecular complexity index is 2690. The number of likely N-dealkylation sites (tertiary alicyclic amines) is 1. The lowest BCUT2D eigenvalue weighted by molar-refractivity contribution is -0.139. The Kier molecular flexibility index (Phi) is 21.8. The second-order valence-electron chi connectivity index (χ2n) is 18.8. The maximum Gasteiger partial charge on any atom is 0.255 e. The smallest absolute Gasteiger partial charge is 0.255 e. The topological polar surface area (TPSA) is 216 Å². The number of thioether (sulfide) groups is 1. The molecule has 4 aliphatic heterocycles. The van der Waals surface area contributed by atoms with Gasteiger partial charge < -0.3 is 53.8 Å². The maximum atomic E-state index is 13.8. The number of anilines is 3. The molecule has 0 radical (unpaired) electrons. The molecular weight excluding hydrogens is 1040 g/mol. The van der Waals surface area contributed by atoms with Crippen LogP contribution < -0.4 is 20.7 Å². The summed E-state index contributed by atoms with van der Waals surface area (Å²) < 4.78 is 48.2. The lowest BCUT2D eigenvalue weighted by Gasteiger charge is -2.42. The van der Waals surface area contributed by atoms with Crippen LogP contribution in [0.2, 0.25) is 5.02 Å². The second kappa shape index (κ2) is 29.2. The van der Waals surface area contributed by atoms with Crippen LogP contribution in [0.3, 0.4) is 0 Å². The fraction of sp³-hybridized carbons (Fsp3) is 0.500. The van der Waals surface area contributed by atoms with Crippen LogP contribution in [0.25, 0.3) is 10.9 Å². The molecule has 1 atom stereocenters. The molecule has 1 aromatic heterocycles. The van der Waals surface area contributed by atoms with Crippen molar-refractivity contribution in [1.29, 1.82) is 0 Å². The molecular formula is C54H67ClFN9O11S. The predicted molar refractivity (Wildman–Crippen MR) is 288 cm³/mol. The molecule has 414 valence electrons. The summed E-state index contributed by atoms with van der Waals surface area (Å²) >= 11 is 7.59. The predicted octanol–water partition coefficient (Wildman–Crippen LogP) is 5.30. The average molecular weight is 1100 g/mol. The molecule has 0 spiro atoms. The summed E-state index contributed by atoms with van der Waals surface area (Å²) in [6.07, 6.45) is 6.05. The summed E-state index contributed by atoms with van der Waals surface area (Å²) in [7, 11) is 0. The second-order valence-corrected chi connectivity index (χ2v) is 20.3. The highest BCUT2D eigenvalue weighted by Gasteiger charge is 2.40. The van der Waals surface area contributed by atoms with E-state index in [4.69, 9.17) is 40.0 Å².